The summed E-state index contributed by atoms with van der Waals surface area (Å²) in [5.74, 6) is 0. The molecule has 0 aliphatic carbocycles. The van der Waals surface area contributed by atoms with E-state index in [-0.39, 0.29) is 16.3 Å². The molecule has 0 amide bonds. The first kappa shape index (κ1) is 12.8. The normalized spacial score (nSPS) is 9.00. The molecule has 0 N–H and O–H groups in total. The van der Waals surface area contributed by atoms with Crippen molar-refractivity contribution in [3.63, 3.8) is 0 Å². The van der Waals surface area contributed by atoms with Crippen molar-refractivity contribution in [3.05, 3.63) is 38.4 Å². The molecule has 0 bridgehead atoms. The van der Waals surface area contributed by atoms with E-state index in [0.29, 0.717) is 0 Å². The van der Waals surface area contributed by atoms with Crippen LogP contribution in [0, 0.1) is 31.6 Å². The van der Waals surface area contributed by atoms with Crippen molar-refractivity contribution < 1.29 is 14.6 Å². The second-order valence-corrected chi connectivity index (χ2v) is 3.52. The largest absolute Gasteiger partial charge is 0.449 e. The maximum atomic E-state index is 10.7. The summed E-state index contributed by atoms with van der Waals surface area (Å²) in [6.45, 7) is 0. The van der Waals surface area contributed by atoms with Crippen LogP contribution in [0.4, 0.5) is 11.4 Å². The molecular weight excluding hydrogens is 248 g/mol. The number of ether oxygens (including phenoxy) is 1. The van der Waals surface area contributed by atoms with E-state index in [1.165, 1.54) is 19.2 Å². The molecule has 0 unspecified atom stereocenters. The fourth-order valence-electron chi connectivity index (χ4n) is 0.966. The quantitative estimate of drug-likeness (QED) is 0.355. The molecule has 0 atom stereocenters. The molecular formula is C9H6N2O5S. The molecule has 0 saturated carbocycles. The van der Waals surface area contributed by atoms with Crippen LogP contribution in [0.25, 0.3) is 0 Å². The van der Waals surface area contributed by atoms with Crippen molar-refractivity contribution in [2.45, 2.75) is 4.90 Å². The zero-order chi connectivity index (χ0) is 12.8. The van der Waals surface area contributed by atoms with E-state index in [1.54, 1.807) is 0 Å². The first-order chi connectivity index (χ1) is 8.06. The van der Waals surface area contributed by atoms with E-state index in [1.807, 2.05) is 0 Å². The fraction of sp³-hybridized carbons (Fsp3) is 0.111. The average molecular weight is 254 g/mol. The summed E-state index contributed by atoms with van der Waals surface area (Å²) in [6, 6.07) is 3.37. The first-order valence-corrected chi connectivity index (χ1v) is 5.00. The van der Waals surface area contributed by atoms with Crippen molar-refractivity contribution in [2.24, 2.45) is 0 Å². The Hall–Kier alpha value is -2.27. The van der Waals surface area contributed by atoms with Gasteiger partial charge in [-0.2, -0.15) is 0 Å². The Balaban J connectivity index is 3.13. The molecule has 0 aromatic heterocycles. The number of methoxy groups -OCH3 is 1. The highest BCUT2D eigenvalue weighted by molar-refractivity contribution is 8.04. The van der Waals surface area contributed by atoms with Crippen LogP contribution in [0.5, 0.6) is 0 Å². The molecule has 0 aliphatic heterocycles. The number of benzene rings is 1. The number of nitro benzene ring substituents is 2. The van der Waals surface area contributed by atoms with Crippen LogP contribution in [-0.4, -0.2) is 17.0 Å². The zero-order valence-electron chi connectivity index (χ0n) is 8.58. The van der Waals surface area contributed by atoms with Crippen LogP contribution in [-0.2, 0) is 4.74 Å². The zero-order valence-corrected chi connectivity index (χ0v) is 9.39. The van der Waals surface area contributed by atoms with Gasteiger partial charge in [0.25, 0.3) is 11.4 Å². The average Bonchev–Trinajstić information content (AvgIpc) is 2.29. The summed E-state index contributed by atoms with van der Waals surface area (Å²) >= 11 is 0.870. The minimum Gasteiger partial charge on any atom is -0.449 e. The van der Waals surface area contributed by atoms with Gasteiger partial charge in [0.2, 0.25) is 0 Å². The molecule has 1 aromatic carbocycles. The number of thioether (sulfide) groups is 1. The predicted molar refractivity (Wildman–Crippen MR) is 60.4 cm³/mol. The van der Waals surface area contributed by atoms with Crippen LogP contribution in [0.3, 0.4) is 0 Å². The van der Waals surface area contributed by atoms with Gasteiger partial charge in [-0.15, -0.1) is 0 Å². The van der Waals surface area contributed by atoms with E-state index in [2.05, 4.69) is 16.1 Å². The maximum absolute atomic E-state index is 10.7. The maximum Gasteiger partial charge on any atom is 0.290 e. The van der Waals surface area contributed by atoms with Gasteiger partial charge >= 0.3 is 0 Å². The molecule has 88 valence electrons. The van der Waals surface area contributed by atoms with E-state index >= 15 is 0 Å². The van der Waals surface area contributed by atoms with Crippen molar-refractivity contribution in [2.75, 3.05) is 7.11 Å². The molecule has 0 radical (unpaired) electrons. The summed E-state index contributed by atoms with van der Waals surface area (Å²) in [4.78, 5) is 20.0. The highest BCUT2D eigenvalue weighted by atomic mass is 32.2. The molecule has 7 nitrogen and oxygen atoms in total. The third kappa shape index (κ3) is 3.35. The lowest BCUT2D eigenvalue weighted by molar-refractivity contribution is -0.396. The van der Waals surface area contributed by atoms with Crippen molar-refractivity contribution >= 4 is 23.1 Å². The minimum absolute atomic E-state index is 0.227. The number of nitrogens with zero attached hydrogens (tertiary/aromatic N) is 2. The van der Waals surface area contributed by atoms with E-state index in [0.717, 1.165) is 17.8 Å². The van der Waals surface area contributed by atoms with Gasteiger partial charge in [0.1, 0.15) is 6.11 Å². The Labute approximate surface area is 100 Å². The van der Waals surface area contributed by atoms with Gasteiger partial charge in [-0.25, -0.2) is 0 Å². The monoisotopic (exact) mass is 254 g/mol. The minimum atomic E-state index is -0.692. The van der Waals surface area contributed by atoms with Crippen LogP contribution in [0.2, 0.25) is 0 Å². The van der Waals surface area contributed by atoms with Gasteiger partial charge in [0.05, 0.1) is 27.9 Å². The van der Waals surface area contributed by atoms with Gasteiger partial charge in [0.15, 0.2) is 0 Å². The first-order valence-electron chi connectivity index (χ1n) is 4.19. The Bertz CT molecular complexity index is 520. The molecule has 0 aliphatic rings. The fourth-order valence-corrected chi connectivity index (χ4v) is 1.57. The van der Waals surface area contributed by atoms with E-state index in [4.69, 9.17) is 0 Å². The third-order valence-electron chi connectivity index (χ3n) is 1.65. The van der Waals surface area contributed by atoms with Gasteiger partial charge in [-0.3, -0.25) is 20.2 Å². The topological polar surface area (TPSA) is 95.5 Å². The van der Waals surface area contributed by atoms with Gasteiger partial charge < -0.3 is 4.74 Å². The molecule has 8 heteroatoms. The highest BCUT2D eigenvalue weighted by Gasteiger charge is 2.19. The summed E-state index contributed by atoms with van der Waals surface area (Å²) in [7, 11) is 1.36. The Morgan fingerprint density at radius 2 is 2.00 bits per heavy atom. The van der Waals surface area contributed by atoms with Crippen LogP contribution in [0.1, 0.15) is 0 Å². The predicted octanol–water partition coefficient (Wildman–Crippen LogP) is 2.16. The SMILES string of the molecule is COC#CSc1ccc([N+](=O)[O-])cc1[N+](=O)[O-]. The number of non-ortho nitro benzene ring substituents is 1. The lowest BCUT2D eigenvalue weighted by Crippen LogP contribution is -1.94. The molecule has 0 heterocycles. The number of hydrogen-bond acceptors (Lipinski definition) is 6. The molecule has 17 heavy (non-hydrogen) atoms. The van der Waals surface area contributed by atoms with Crippen LogP contribution in [0.15, 0.2) is 23.1 Å². The van der Waals surface area contributed by atoms with Gasteiger partial charge in [-0.05, 0) is 17.8 Å². The molecule has 0 saturated heterocycles. The Kier molecular flexibility index (Phi) is 4.30. The van der Waals surface area contributed by atoms with Crippen LogP contribution < -0.4 is 0 Å². The second kappa shape index (κ2) is 5.72. The van der Waals surface area contributed by atoms with E-state index < -0.39 is 9.85 Å². The molecule has 0 spiro atoms. The van der Waals surface area contributed by atoms with Crippen molar-refractivity contribution in [3.8, 4) is 11.4 Å². The van der Waals surface area contributed by atoms with E-state index in [9.17, 15) is 20.2 Å². The Morgan fingerprint density at radius 1 is 1.29 bits per heavy atom. The third-order valence-corrected chi connectivity index (χ3v) is 2.41. The van der Waals surface area contributed by atoms with Gasteiger partial charge in [-0.1, -0.05) is 0 Å². The smallest absolute Gasteiger partial charge is 0.290 e. The van der Waals surface area contributed by atoms with Gasteiger partial charge in [0, 0.05) is 11.3 Å². The molecule has 0 fully saturated rings. The Morgan fingerprint density at radius 3 is 2.53 bits per heavy atom. The summed E-state index contributed by atoms with van der Waals surface area (Å²) in [5.41, 5.74) is -0.685. The van der Waals surface area contributed by atoms with Crippen molar-refractivity contribution in [1.82, 2.24) is 0 Å². The molecule has 1 aromatic rings. The summed E-state index contributed by atoms with van der Waals surface area (Å²) in [6.07, 6.45) is 2.26. The second-order valence-electron chi connectivity index (χ2n) is 2.68. The lowest BCUT2D eigenvalue weighted by Gasteiger charge is -1.97. The summed E-state index contributed by atoms with van der Waals surface area (Å²) < 4.78 is 4.47. The number of rotatable bonds is 3. The number of hydrogen-bond donors (Lipinski definition) is 0. The summed E-state index contributed by atoms with van der Waals surface area (Å²) in [5, 5.41) is 23.7. The highest BCUT2D eigenvalue weighted by Crippen LogP contribution is 2.31. The van der Waals surface area contributed by atoms with Crippen LogP contribution >= 0.6 is 11.8 Å². The van der Waals surface area contributed by atoms with Crippen molar-refractivity contribution in [1.29, 1.82) is 0 Å². The number of nitro groups is 2. The molecule has 1 rings (SSSR count). The standard InChI is InChI=1S/C9H6N2O5S/c1-16-4-5-17-9-3-2-7(10(12)13)6-8(9)11(14)15/h2-3,6H,1H3. The lowest BCUT2D eigenvalue weighted by atomic mass is 10.3.